The predicted molar refractivity (Wildman–Crippen MR) is 101 cm³/mol. The maximum Gasteiger partial charge on any atom is 0.149 e. The Kier molecular flexibility index (Phi) is 6.82. The van der Waals surface area contributed by atoms with Crippen LogP contribution >= 0.6 is 11.6 Å². The molecule has 0 aliphatic heterocycles. The lowest BCUT2D eigenvalue weighted by atomic mass is 9.94. The van der Waals surface area contributed by atoms with Crippen LogP contribution in [0.25, 0.3) is 0 Å². The predicted octanol–water partition coefficient (Wildman–Crippen LogP) is 4.57. The number of aryl methyl sites for hydroxylation is 1. The van der Waals surface area contributed by atoms with Gasteiger partial charge in [-0.05, 0) is 54.8 Å². The molecule has 0 amide bonds. The highest BCUT2D eigenvalue weighted by Crippen LogP contribution is 2.24. The highest BCUT2D eigenvalue weighted by Gasteiger charge is 2.09. The molecular weight excluding hydrogens is 320 g/mol. The number of allylic oxidation sites excluding steroid dienone is 1. The number of aliphatic imine (C=N–C) groups is 2. The van der Waals surface area contributed by atoms with Crippen molar-refractivity contribution in [1.82, 2.24) is 9.97 Å². The molecule has 4 nitrogen and oxygen atoms in total. The average molecular weight is 341 g/mol. The summed E-state index contributed by atoms with van der Waals surface area (Å²) in [4.78, 5) is 16.5. The third-order valence-electron chi connectivity index (χ3n) is 3.67. The smallest absolute Gasteiger partial charge is 0.149 e. The number of aromatic nitrogens is 2. The zero-order chi connectivity index (χ0) is 17.4. The third kappa shape index (κ3) is 5.39. The van der Waals surface area contributed by atoms with Gasteiger partial charge in [0, 0.05) is 29.8 Å². The van der Waals surface area contributed by atoms with Crippen LogP contribution in [0, 0.1) is 6.92 Å². The van der Waals surface area contributed by atoms with Gasteiger partial charge in [0.2, 0.25) is 0 Å². The molecule has 0 aliphatic carbocycles. The van der Waals surface area contributed by atoms with Crippen LogP contribution in [0.3, 0.4) is 0 Å². The Bertz CT molecular complexity index is 736. The zero-order valence-corrected chi connectivity index (χ0v) is 14.7. The van der Waals surface area contributed by atoms with E-state index in [0.717, 1.165) is 22.6 Å². The Balaban J connectivity index is 1.95. The molecule has 2 aromatic rings. The van der Waals surface area contributed by atoms with Crippen LogP contribution in [-0.4, -0.2) is 22.9 Å². The summed E-state index contributed by atoms with van der Waals surface area (Å²) >= 11 is 6.09. The number of benzene rings is 1. The molecule has 1 heterocycles. The Morgan fingerprint density at radius 3 is 2.71 bits per heavy atom. The number of hydrogen-bond donors (Lipinski definition) is 0. The molecule has 0 radical (unpaired) electrons. The van der Waals surface area contributed by atoms with Crippen molar-refractivity contribution in [2.45, 2.75) is 32.7 Å². The van der Waals surface area contributed by atoms with Crippen LogP contribution < -0.4 is 0 Å². The summed E-state index contributed by atoms with van der Waals surface area (Å²) in [6, 6.07) is 6.18. The highest BCUT2D eigenvalue weighted by molar-refractivity contribution is 6.31. The summed E-state index contributed by atoms with van der Waals surface area (Å²) in [5.41, 5.74) is 3.48. The van der Waals surface area contributed by atoms with E-state index in [-0.39, 0.29) is 0 Å². The van der Waals surface area contributed by atoms with Crippen molar-refractivity contribution in [3.63, 3.8) is 0 Å². The molecule has 24 heavy (non-hydrogen) atoms. The Morgan fingerprint density at radius 1 is 1.29 bits per heavy atom. The second kappa shape index (κ2) is 9.08. The molecule has 1 unspecified atom stereocenters. The van der Waals surface area contributed by atoms with E-state index in [9.17, 15) is 0 Å². The molecule has 124 valence electrons. The normalized spacial score (nSPS) is 12.8. The maximum absolute atomic E-state index is 6.09. The third-order valence-corrected chi connectivity index (χ3v) is 4.09. The standard InChI is InChI=1S/C19H21ClN4/c1-14(17-5-6-18(20)15(2)10-17)9-16-11-23-19(24-12-16)13-22-8-4-7-21-3/h4-8,10-12,14H,3,9,13H2,1-2H3/b7-4-,22-8-. The van der Waals surface area contributed by atoms with Crippen LogP contribution in [0.2, 0.25) is 5.02 Å². The van der Waals surface area contributed by atoms with Gasteiger partial charge in [0.1, 0.15) is 5.82 Å². The summed E-state index contributed by atoms with van der Waals surface area (Å²) in [6.07, 6.45) is 9.59. The van der Waals surface area contributed by atoms with Gasteiger partial charge in [-0.15, -0.1) is 0 Å². The lowest BCUT2D eigenvalue weighted by molar-refractivity contribution is 0.746. The quantitative estimate of drug-likeness (QED) is 0.693. The van der Waals surface area contributed by atoms with Gasteiger partial charge in [-0.25, -0.2) is 9.97 Å². The molecule has 0 saturated heterocycles. The van der Waals surface area contributed by atoms with Gasteiger partial charge in [0.15, 0.2) is 0 Å². The van der Waals surface area contributed by atoms with Gasteiger partial charge in [-0.1, -0.05) is 30.7 Å². The summed E-state index contributed by atoms with van der Waals surface area (Å²) in [6.45, 7) is 8.02. The van der Waals surface area contributed by atoms with E-state index in [1.54, 1.807) is 18.5 Å². The van der Waals surface area contributed by atoms with Crippen LogP contribution in [0.5, 0.6) is 0 Å². The van der Waals surface area contributed by atoms with E-state index in [0.29, 0.717) is 18.3 Å². The number of rotatable bonds is 7. The molecule has 2 rings (SSSR count). The lowest BCUT2D eigenvalue weighted by Crippen LogP contribution is -2.02. The first-order valence-corrected chi connectivity index (χ1v) is 8.14. The molecule has 1 atom stereocenters. The largest absolute Gasteiger partial charge is 0.285 e. The average Bonchev–Trinajstić information content (AvgIpc) is 2.58. The zero-order valence-electron chi connectivity index (χ0n) is 14.0. The first kappa shape index (κ1) is 18.0. The molecule has 0 saturated carbocycles. The molecule has 5 heteroatoms. The van der Waals surface area contributed by atoms with E-state index < -0.39 is 0 Å². The van der Waals surface area contributed by atoms with Gasteiger partial charge in [0.25, 0.3) is 0 Å². The molecule has 0 bridgehead atoms. The van der Waals surface area contributed by atoms with Gasteiger partial charge in [0.05, 0.1) is 6.54 Å². The maximum atomic E-state index is 6.09. The molecule has 0 N–H and O–H groups in total. The monoisotopic (exact) mass is 340 g/mol. The van der Waals surface area contributed by atoms with E-state index >= 15 is 0 Å². The Hall–Kier alpha value is -2.33. The number of halogens is 1. The second-order valence-electron chi connectivity index (χ2n) is 5.64. The van der Waals surface area contributed by atoms with Crippen molar-refractivity contribution in [3.05, 3.63) is 70.4 Å². The van der Waals surface area contributed by atoms with E-state index in [4.69, 9.17) is 11.6 Å². The van der Waals surface area contributed by atoms with Crippen LogP contribution in [0.15, 0.2) is 52.9 Å². The fourth-order valence-corrected chi connectivity index (χ4v) is 2.43. The van der Waals surface area contributed by atoms with Crippen molar-refractivity contribution in [3.8, 4) is 0 Å². The number of hydrogen-bond acceptors (Lipinski definition) is 4. The Morgan fingerprint density at radius 2 is 2.04 bits per heavy atom. The minimum absolute atomic E-state index is 0.380. The van der Waals surface area contributed by atoms with Crippen molar-refractivity contribution < 1.29 is 0 Å². The molecule has 0 fully saturated rings. The summed E-state index contributed by atoms with van der Waals surface area (Å²) < 4.78 is 0. The van der Waals surface area contributed by atoms with Gasteiger partial charge < -0.3 is 0 Å². The van der Waals surface area contributed by atoms with Crippen molar-refractivity contribution in [2.75, 3.05) is 0 Å². The van der Waals surface area contributed by atoms with Crippen LogP contribution in [0.1, 0.15) is 35.4 Å². The SMILES string of the molecule is C=N/C=C\C=N/Cc1ncc(CC(C)c2ccc(Cl)c(C)c2)cn1. The molecule has 0 spiro atoms. The van der Waals surface area contributed by atoms with Crippen molar-refractivity contribution >= 4 is 24.5 Å². The minimum Gasteiger partial charge on any atom is -0.285 e. The molecule has 1 aromatic carbocycles. The second-order valence-corrected chi connectivity index (χ2v) is 6.04. The van der Waals surface area contributed by atoms with Gasteiger partial charge in [-0.3, -0.25) is 9.98 Å². The fourth-order valence-electron chi connectivity index (χ4n) is 2.31. The lowest BCUT2D eigenvalue weighted by Gasteiger charge is -2.13. The minimum atomic E-state index is 0.380. The Labute approximate surface area is 148 Å². The van der Waals surface area contributed by atoms with Crippen molar-refractivity contribution in [1.29, 1.82) is 0 Å². The van der Waals surface area contributed by atoms with E-state index in [2.05, 4.69) is 45.7 Å². The fraction of sp³-hybridized carbons (Fsp3) is 0.263. The summed E-state index contributed by atoms with van der Waals surface area (Å²) in [5, 5.41) is 0.804. The summed E-state index contributed by atoms with van der Waals surface area (Å²) in [7, 11) is 0. The van der Waals surface area contributed by atoms with Crippen LogP contribution in [-0.2, 0) is 13.0 Å². The van der Waals surface area contributed by atoms with E-state index in [1.165, 1.54) is 5.56 Å². The van der Waals surface area contributed by atoms with Gasteiger partial charge >= 0.3 is 0 Å². The molecular formula is C19H21ClN4. The first-order valence-electron chi connectivity index (χ1n) is 7.76. The highest BCUT2D eigenvalue weighted by atomic mass is 35.5. The molecule has 0 aliphatic rings. The van der Waals surface area contributed by atoms with Crippen LogP contribution in [0.4, 0.5) is 0 Å². The van der Waals surface area contributed by atoms with Gasteiger partial charge in [-0.2, -0.15) is 0 Å². The summed E-state index contributed by atoms with van der Waals surface area (Å²) in [5.74, 6) is 1.08. The van der Waals surface area contributed by atoms with E-state index in [1.807, 2.05) is 25.4 Å². The topological polar surface area (TPSA) is 50.5 Å². The molecule has 1 aromatic heterocycles. The number of nitrogens with zero attached hydrogens (tertiary/aromatic N) is 4. The first-order chi connectivity index (χ1) is 11.6. The van der Waals surface area contributed by atoms with Crippen molar-refractivity contribution in [2.24, 2.45) is 9.98 Å².